The molecule has 5 nitrogen and oxygen atoms in total. The minimum absolute atomic E-state index is 0.0359. The first kappa shape index (κ1) is 19.7. The predicted molar refractivity (Wildman–Crippen MR) is 106 cm³/mol. The van der Waals surface area contributed by atoms with Crippen molar-refractivity contribution in [3.8, 4) is 0 Å². The first-order valence-corrected chi connectivity index (χ1v) is 13.0. The van der Waals surface area contributed by atoms with Crippen LogP contribution in [0.3, 0.4) is 0 Å². The number of ether oxygens (including phenoxy) is 1. The van der Waals surface area contributed by atoms with Gasteiger partial charge in [0.25, 0.3) is 0 Å². The molecule has 1 aromatic rings. The molecule has 0 saturated carbocycles. The maximum absolute atomic E-state index is 13.2. The molecule has 146 valence electrons. The smallest absolute Gasteiger partial charge is 0.328 e. The Morgan fingerprint density at radius 1 is 1.22 bits per heavy atom. The summed E-state index contributed by atoms with van der Waals surface area (Å²) >= 11 is 0. The molecule has 2 aliphatic rings. The fraction of sp³-hybridized carbons (Fsp3) is 0.524. The Hall–Kier alpha value is -2.08. The number of likely N-dealkylation sites (tertiary alicyclic amines) is 1. The van der Waals surface area contributed by atoms with Crippen molar-refractivity contribution in [3.05, 3.63) is 47.7 Å². The number of allylic oxidation sites excluding steroid dienone is 2. The topological polar surface area (TPSA) is 55.8 Å². The highest BCUT2D eigenvalue weighted by Gasteiger charge is 2.45. The molecule has 0 spiro atoms. The first-order valence-electron chi connectivity index (χ1n) is 9.60. The van der Waals surface area contributed by atoms with Crippen molar-refractivity contribution in [1.29, 1.82) is 0 Å². The third-order valence-electron chi connectivity index (χ3n) is 5.20. The normalized spacial score (nSPS) is 25.5. The molecule has 1 fully saturated rings. The van der Waals surface area contributed by atoms with E-state index in [9.17, 15) is 9.59 Å². The Morgan fingerprint density at radius 3 is 2.56 bits per heavy atom. The molecular formula is C21H29NO4Si. The average molecular weight is 388 g/mol. The molecule has 1 aromatic carbocycles. The van der Waals surface area contributed by atoms with Gasteiger partial charge in [0.1, 0.15) is 6.04 Å². The van der Waals surface area contributed by atoms with Crippen LogP contribution < -0.4 is 0 Å². The van der Waals surface area contributed by atoms with Crippen molar-refractivity contribution in [1.82, 2.24) is 4.90 Å². The third-order valence-corrected chi connectivity index (χ3v) is 6.07. The Balaban J connectivity index is 1.84. The zero-order chi connectivity index (χ0) is 19.6. The van der Waals surface area contributed by atoms with E-state index in [1.807, 2.05) is 30.3 Å². The highest BCUT2D eigenvalue weighted by molar-refractivity contribution is 6.70. The summed E-state index contributed by atoms with van der Waals surface area (Å²) in [6.07, 6.45) is 4.26. The van der Waals surface area contributed by atoms with Gasteiger partial charge in [-0.2, -0.15) is 0 Å². The monoisotopic (exact) mass is 387 g/mol. The number of piperidine rings is 1. The number of carbonyl (C=O) groups excluding carboxylic acids is 2. The molecule has 0 unspecified atom stereocenters. The number of rotatable bonds is 5. The maximum atomic E-state index is 13.2. The van der Waals surface area contributed by atoms with Gasteiger partial charge in [-0.25, -0.2) is 4.79 Å². The van der Waals surface area contributed by atoms with Crippen LogP contribution in [-0.4, -0.2) is 38.2 Å². The summed E-state index contributed by atoms with van der Waals surface area (Å²) in [6, 6.07) is 9.25. The number of benzene rings is 1. The van der Waals surface area contributed by atoms with E-state index in [1.165, 1.54) is 7.11 Å². The fourth-order valence-electron chi connectivity index (χ4n) is 4.05. The molecule has 1 aliphatic heterocycles. The van der Waals surface area contributed by atoms with Crippen LogP contribution in [0.2, 0.25) is 19.6 Å². The molecule has 1 amide bonds. The summed E-state index contributed by atoms with van der Waals surface area (Å²) in [6.45, 7) is 6.91. The zero-order valence-corrected chi connectivity index (χ0v) is 17.6. The predicted octanol–water partition coefficient (Wildman–Crippen LogP) is 3.72. The van der Waals surface area contributed by atoms with Gasteiger partial charge in [0.15, 0.2) is 0 Å². The highest BCUT2D eigenvalue weighted by atomic mass is 28.4. The Kier molecular flexibility index (Phi) is 5.74. The molecule has 1 aliphatic carbocycles. The Morgan fingerprint density at radius 2 is 1.93 bits per heavy atom. The number of fused-ring (bicyclic) bond motifs is 1. The van der Waals surface area contributed by atoms with Crippen molar-refractivity contribution in [2.24, 2.45) is 11.8 Å². The summed E-state index contributed by atoms with van der Waals surface area (Å²) in [4.78, 5) is 27.4. The molecule has 3 rings (SSSR count). The van der Waals surface area contributed by atoms with Crippen LogP contribution in [0.25, 0.3) is 0 Å². The van der Waals surface area contributed by atoms with Crippen molar-refractivity contribution in [2.75, 3.05) is 7.11 Å². The van der Waals surface area contributed by atoms with Crippen molar-refractivity contribution in [3.63, 3.8) is 0 Å². The van der Waals surface area contributed by atoms with Crippen LogP contribution in [0.5, 0.6) is 0 Å². The number of carbonyl (C=O) groups is 2. The summed E-state index contributed by atoms with van der Waals surface area (Å²) in [7, 11) is -0.299. The zero-order valence-electron chi connectivity index (χ0n) is 16.6. The molecule has 0 aromatic heterocycles. The van der Waals surface area contributed by atoms with E-state index in [0.29, 0.717) is 13.0 Å². The number of hydrogen-bond acceptors (Lipinski definition) is 4. The van der Waals surface area contributed by atoms with Crippen molar-refractivity contribution in [2.45, 2.75) is 51.5 Å². The van der Waals surface area contributed by atoms with Crippen LogP contribution in [0.1, 0.15) is 24.8 Å². The molecule has 1 saturated heterocycles. The van der Waals surface area contributed by atoms with Crippen LogP contribution in [0, 0.1) is 11.8 Å². The van der Waals surface area contributed by atoms with Gasteiger partial charge in [0.2, 0.25) is 14.2 Å². The molecule has 0 bridgehead atoms. The van der Waals surface area contributed by atoms with E-state index >= 15 is 0 Å². The van der Waals surface area contributed by atoms with E-state index in [-0.39, 0.29) is 23.7 Å². The third kappa shape index (κ3) is 4.61. The van der Waals surface area contributed by atoms with Gasteiger partial charge in [0, 0.05) is 18.9 Å². The summed E-state index contributed by atoms with van der Waals surface area (Å²) in [5.74, 6) is 0.652. The number of hydrogen-bond donors (Lipinski definition) is 0. The van der Waals surface area contributed by atoms with Crippen LogP contribution in [-0.2, 0) is 25.3 Å². The number of esters is 1. The average Bonchev–Trinajstić information content (AvgIpc) is 2.62. The number of amides is 1. The van der Waals surface area contributed by atoms with E-state index in [0.717, 1.165) is 24.2 Å². The van der Waals surface area contributed by atoms with Crippen molar-refractivity contribution < 1.29 is 18.8 Å². The molecule has 1 heterocycles. The lowest BCUT2D eigenvalue weighted by molar-refractivity contribution is -0.161. The second-order valence-corrected chi connectivity index (χ2v) is 12.8. The second-order valence-electron chi connectivity index (χ2n) is 8.38. The summed E-state index contributed by atoms with van der Waals surface area (Å²) in [5, 5.41) is 0. The highest BCUT2D eigenvalue weighted by Crippen LogP contribution is 2.40. The molecular weight excluding hydrogens is 358 g/mol. The summed E-state index contributed by atoms with van der Waals surface area (Å²) in [5.41, 5.74) is 1.02. The van der Waals surface area contributed by atoms with Crippen LogP contribution >= 0.6 is 0 Å². The van der Waals surface area contributed by atoms with Gasteiger partial charge >= 0.3 is 5.97 Å². The lowest BCUT2D eigenvalue weighted by atomic mass is 9.75. The van der Waals surface area contributed by atoms with E-state index in [1.54, 1.807) is 4.90 Å². The minimum atomic E-state index is -1.68. The fourth-order valence-corrected chi connectivity index (χ4v) is 5.00. The molecule has 0 radical (unpaired) electrons. The van der Waals surface area contributed by atoms with Crippen LogP contribution in [0.4, 0.5) is 0 Å². The number of methoxy groups -OCH3 is 1. The van der Waals surface area contributed by atoms with Crippen molar-refractivity contribution >= 4 is 20.2 Å². The Labute approximate surface area is 162 Å². The molecule has 0 N–H and O–H groups in total. The SMILES string of the molecule is COC(=O)[C@@H]1C[C@H]2C=C(O[Si](C)(C)C)CC[C@H]2C(=O)N1Cc1ccccc1. The quantitative estimate of drug-likeness (QED) is 0.571. The van der Waals surface area contributed by atoms with Gasteiger partial charge < -0.3 is 14.1 Å². The van der Waals surface area contributed by atoms with E-state index in [4.69, 9.17) is 9.16 Å². The lowest BCUT2D eigenvalue weighted by Gasteiger charge is -2.43. The lowest BCUT2D eigenvalue weighted by Crippen LogP contribution is -2.54. The second kappa shape index (κ2) is 7.88. The molecule has 6 heteroatoms. The van der Waals surface area contributed by atoms with Gasteiger partial charge in [-0.3, -0.25) is 4.79 Å². The van der Waals surface area contributed by atoms with Gasteiger partial charge in [-0.15, -0.1) is 0 Å². The largest absolute Gasteiger partial charge is 0.548 e. The van der Waals surface area contributed by atoms with Gasteiger partial charge in [0.05, 0.1) is 12.9 Å². The van der Waals surface area contributed by atoms with E-state index in [2.05, 4.69) is 25.7 Å². The Bertz CT molecular complexity index is 725. The first-order chi connectivity index (χ1) is 12.8. The van der Waals surface area contributed by atoms with Crippen LogP contribution in [0.15, 0.2) is 42.2 Å². The summed E-state index contributed by atoms with van der Waals surface area (Å²) < 4.78 is 11.2. The van der Waals surface area contributed by atoms with Gasteiger partial charge in [-0.1, -0.05) is 30.3 Å². The van der Waals surface area contributed by atoms with E-state index < -0.39 is 14.4 Å². The minimum Gasteiger partial charge on any atom is -0.548 e. The standard InChI is InChI=1S/C21H29NO4Si/c1-25-21(24)19-13-16-12-17(26-27(2,3)4)10-11-18(16)20(23)22(19)14-15-8-6-5-7-9-15/h5-9,12,16,18-19H,10-11,13-14H2,1-4H3/t16-,18-,19+/m1/s1. The molecule has 27 heavy (non-hydrogen) atoms. The number of nitrogens with zero attached hydrogens (tertiary/aromatic N) is 1. The van der Waals surface area contributed by atoms with Gasteiger partial charge in [-0.05, 0) is 50.0 Å². The molecule has 3 atom stereocenters. The maximum Gasteiger partial charge on any atom is 0.328 e.